The molecule has 0 saturated heterocycles. The maximum absolute atomic E-state index is 13.0. The van der Waals surface area contributed by atoms with Crippen LogP contribution in [0.5, 0.6) is 5.75 Å². The first-order valence-electron chi connectivity index (χ1n) is 8.04. The van der Waals surface area contributed by atoms with E-state index in [1.54, 1.807) is 7.11 Å². The Kier molecular flexibility index (Phi) is 5.27. The molecular weight excluding hydrogens is 310 g/mol. The van der Waals surface area contributed by atoms with E-state index >= 15 is 0 Å². The van der Waals surface area contributed by atoms with E-state index in [9.17, 15) is 4.79 Å². The lowest BCUT2D eigenvalue weighted by Gasteiger charge is -2.12. The standard InChI is InChI=1S/C22H19NO2/c1-25-21-15-9-8-14-20(21)23-22(24)19(18-12-6-3-7-13-18)16-17-10-4-2-5-11-17/h2-16H,1H3,(H,23,24)/b19-16-. The molecule has 0 fully saturated rings. The molecule has 0 unspecified atom stereocenters. The van der Waals surface area contributed by atoms with Crippen molar-refractivity contribution in [1.82, 2.24) is 0 Å². The molecule has 1 amide bonds. The number of ether oxygens (including phenoxy) is 1. The van der Waals surface area contributed by atoms with E-state index in [1.807, 2.05) is 91.0 Å². The second kappa shape index (κ2) is 7.97. The maximum atomic E-state index is 13.0. The van der Waals surface area contributed by atoms with Gasteiger partial charge in [-0.25, -0.2) is 0 Å². The molecule has 0 heterocycles. The first-order valence-corrected chi connectivity index (χ1v) is 8.04. The minimum Gasteiger partial charge on any atom is -0.495 e. The number of anilines is 1. The highest BCUT2D eigenvalue weighted by molar-refractivity contribution is 6.29. The highest BCUT2D eigenvalue weighted by atomic mass is 16.5. The summed E-state index contributed by atoms with van der Waals surface area (Å²) in [5.74, 6) is 0.447. The van der Waals surface area contributed by atoms with Crippen molar-refractivity contribution in [3.05, 3.63) is 96.1 Å². The van der Waals surface area contributed by atoms with Crippen molar-refractivity contribution in [3.63, 3.8) is 0 Å². The molecule has 3 aromatic rings. The SMILES string of the molecule is COc1ccccc1NC(=O)/C(=C\c1ccccc1)c1ccccc1. The van der Waals surface area contributed by atoms with Gasteiger partial charge in [-0.1, -0.05) is 72.8 Å². The molecule has 0 atom stereocenters. The van der Waals surface area contributed by atoms with E-state index in [1.165, 1.54) is 0 Å². The molecule has 1 N–H and O–H groups in total. The fourth-order valence-electron chi connectivity index (χ4n) is 2.55. The summed E-state index contributed by atoms with van der Waals surface area (Å²) in [5, 5.41) is 2.95. The molecule has 3 aromatic carbocycles. The van der Waals surface area contributed by atoms with Crippen molar-refractivity contribution in [1.29, 1.82) is 0 Å². The summed E-state index contributed by atoms with van der Waals surface area (Å²) in [7, 11) is 1.59. The van der Waals surface area contributed by atoms with Gasteiger partial charge in [0.05, 0.1) is 12.8 Å². The second-order valence-corrected chi connectivity index (χ2v) is 5.49. The van der Waals surface area contributed by atoms with Gasteiger partial charge in [0.15, 0.2) is 0 Å². The van der Waals surface area contributed by atoms with Gasteiger partial charge in [-0.15, -0.1) is 0 Å². The topological polar surface area (TPSA) is 38.3 Å². The van der Waals surface area contributed by atoms with E-state index in [0.717, 1.165) is 11.1 Å². The molecule has 3 rings (SSSR count). The number of rotatable bonds is 5. The second-order valence-electron chi connectivity index (χ2n) is 5.49. The molecule has 0 saturated carbocycles. The normalized spacial score (nSPS) is 11.0. The van der Waals surface area contributed by atoms with Crippen LogP contribution in [0.25, 0.3) is 11.6 Å². The Hall–Kier alpha value is -3.33. The molecule has 0 aliphatic carbocycles. The van der Waals surface area contributed by atoms with E-state index in [4.69, 9.17) is 4.74 Å². The van der Waals surface area contributed by atoms with Crippen LogP contribution in [0.3, 0.4) is 0 Å². The molecule has 25 heavy (non-hydrogen) atoms. The number of amides is 1. The minimum absolute atomic E-state index is 0.181. The van der Waals surface area contributed by atoms with E-state index in [2.05, 4.69) is 5.32 Å². The van der Waals surface area contributed by atoms with Crippen molar-refractivity contribution >= 4 is 23.2 Å². The summed E-state index contributed by atoms with van der Waals surface area (Å²) in [6.45, 7) is 0. The number of para-hydroxylation sites is 2. The van der Waals surface area contributed by atoms with Gasteiger partial charge in [0.1, 0.15) is 5.75 Å². The highest BCUT2D eigenvalue weighted by Gasteiger charge is 2.14. The fourth-order valence-corrected chi connectivity index (χ4v) is 2.55. The molecule has 124 valence electrons. The zero-order valence-electron chi connectivity index (χ0n) is 14.0. The lowest BCUT2D eigenvalue weighted by atomic mass is 10.0. The summed E-state index contributed by atoms with van der Waals surface area (Å²) in [5.41, 5.74) is 3.07. The molecule has 0 radical (unpaired) electrons. The number of benzene rings is 3. The summed E-state index contributed by atoms with van der Waals surface area (Å²) >= 11 is 0. The first kappa shape index (κ1) is 16.5. The van der Waals surface area contributed by atoms with E-state index < -0.39 is 0 Å². The highest BCUT2D eigenvalue weighted by Crippen LogP contribution is 2.26. The number of hydrogen-bond donors (Lipinski definition) is 1. The van der Waals surface area contributed by atoms with Crippen LogP contribution in [0.15, 0.2) is 84.9 Å². The first-order chi connectivity index (χ1) is 12.3. The van der Waals surface area contributed by atoms with Gasteiger partial charge in [-0.3, -0.25) is 4.79 Å². The predicted octanol–water partition coefficient (Wildman–Crippen LogP) is 4.87. The van der Waals surface area contributed by atoms with Crippen molar-refractivity contribution < 1.29 is 9.53 Å². The van der Waals surface area contributed by atoms with Crippen LogP contribution in [0.1, 0.15) is 11.1 Å². The van der Waals surface area contributed by atoms with E-state index in [-0.39, 0.29) is 5.91 Å². The van der Waals surface area contributed by atoms with Crippen molar-refractivity contribution in [2.24, 2.45) is 0 Å². The minimum atomic E-state index is -0.181. The smallest absolute Gasteiger partial charge is 0.256 e. The zero-order chi connectivity index (χ0) is 17.5. The van der Waals surface area contributed by atoms with Gasteiger partial charge >= 0.3 is 0 Å². The Morgan fingerprint density at radius 1 is 0.840 bits per heavy atom. The van der Waals surface area contributed by atoms with Crippen molar-refractivity contribution in [2.45, 2.75) is 0 Å². The van der Waals surface area contributed by atoms with Crippen LogP contribution in [0, 0.1) is 0 Å². The third kappa shape index (κ3) is 4.15. The van der Waals surface area contributed by atoms with Gasteiger partial charge in [0, 0.05) is 5.57 Å². The fraction of sp³-hybridized carbons (Fsp3) is 0.0455. The molecule has 0 spiro atoms. The van der Waals surface area contributed by atoms with Gasteiger partial charge in [-0.2, -0.15) is 0 Å². The lowest BCUT2D eigenvalue weighted by molar-refractivity contribution is -0.111. The van der Waals surface area contributed by atoms with Gasteiger partial charge in [-0.05, 0) is 29.3 Å². The number of hydrogen-bond acceptors (Lipinski definition) is 2. The predicted molar refractivity (Wildman–Crippen MR) is 102 cm³/mol. The van der Waals surface area contributed by atoms with Crippen LogP contribution in [0.4, 0.5) is 5.69 Å². The third-order valence-electron chi connectivity index (χ3n) is 3.80. The molecule has 0 aromatic heterocycles. The number of carbonyl (C=O) groups excluding carboxylic acids is 1. The number of nitrogens with one attached hydrogen (secondary N) is 1. The Morgan fingerprint density at radius 2 is 1.44 bits per heavy atom. The molecule has 0 bridgehead atoms. The monoisotopic (exact) mass is 329 g/mol. The Balaban J connectivity index is 1.97. The summed E-state index contributed by atoms with van der Waals surface area (Å²) in [6.07, 6.45) is 1.89. The summed E-state index contributed by atoms with van der Waals surface area (Å²) in [4.78, 5) is 13.0. The quantitative estimate of drug-likeness (QED) is 0.535. The number of methoxy groups -OCH3 is 1. The van der Waals surface area contributed by atoms with Crippen LogP contribution in [-0.2, 0) is 4.79 Å². The van der Waals surface area contributed by atoms with Gasteiger partial charge in [0.2, 0.25) is 0 Å². The molecule has 3 heteroatoms. The Morgan fingerprint density at radius 3 is 2.12 bits per heavy atom. The van der Waals surface area contributed by atoms with Crippen molar-refractivity contribution in [3.8, 4) is 5.75 Å². The zero-order valence-corrected chi connectivity index (χ0v) is 14.0. The average molecular weight is 329 g/mol. The van der Waals surface area contributed by atoms with Crippen LogP contribution < -0.4 is 10.1 Å². The van der Waals surface area contributed by atoms with Crippen molar-refractivity contribution in [2.75, 3.05) is 12.4 Å². The third-order valence-corrected chi connectivity index (χ3v) is 3.80. The van der Waals surface area contributed by atoms with Crippen LogP contribution in [0.2, 0.25) is 0 Å². The summed E-state index contributed by atoms with van der Waals surface area (Å²) < 4.78 is 5.32. The Labute approximate surface area is 147 Å². The average Bonchev–Trinajstić information content (AvgIpc) is 2.68. The molecule has 0 aliphatic heterocycles. The van der Waals surface area contributed by atoms with Crippen LogP contribution >= 0.6 is 0 Å². The number of carbonyl (C=O) groups is 1. The van der Waals surface area contributed by atoms with E-state index in [0.29, 0.717) is 17.0 Å². The summed E-state index contributed by atoms with van der Waals surface area (Å²) in [6, 6.07) is 26.8. The maximum Gasteiger partial charge on any atom is 0.256 e. The lowest BCUT2D eigenvalue weighted by Crippen LogP contribution is -2.14. The molecular formula is C22H19NO2. The van der Waals surface area contributed by atoms with Gasteiger partial charge in [0.25, 0.3) is 5.91 Å². The van der Waals surface area contributed by atoms with Gasteiger partial charge < -0.3 is 10.1 Å². The molecule has 3 nitrogen and oxygen atoms in total. The molecule has 0 aliphatic rings. The largest absolute Gasteiger partial charge is 0.495 e. The Bertz CT molecular complexity index is 871. The van der Waals surface area contributed by atoms with Crippen LogP contribution in [-0.4, -0.2) is 13.0 Å².